The third-order valence-electron chi connectivity index (χ3n) is 4.19. The van der Waals surface area contributed by atoms with Crippen molar-refractivity contribution in [2.75, 3.05) is 0 Å². The van der Waals surface area contributed by atoms with E-state index in [1.54, 1.807) is 0 Å². The van der Waals surface area contributed by atoms with Crippen LogP contribution >= 0.6 is 0 Å². The zero-order valence-electron chi connectivity index (χ0n) is 10.8. The second-order valence-corrected chi connectivity index (χ2v) is 5.19. The first kappa shape index (κ1) is 10.1. The lowest BCUT2D eigenvalue weighted by Gasteiger charge is -1.98. The molecule has 4 aromatic rings. The van der Waals surface area contributed by atoms with E-state index in [-0.39, 0.29) is 0 Å². The van der Waals surface area contributed by atoms with E-state index in [4.69, 9.17) is 0 Å². The van der Waals surface area contributed by atoms with Crippen LogP contribution in [0.4, 0.5) is 0 Å². The Morgan fingerprint density at radius 3 is 2.55 bits per heavy atom. The molecule has 1 aliphatic heterocycles. The van der Waals surface area contributed by atoms with E-state index >= 15 is 0 Å². The smallest absolute Gasteiger partial charge is 0.0620 e. The second kappa shape index (κ2) is 3.42. The lowest BCUT2D eigenvalue weighted by Crippen LogP contribution is -1.88. The molecule has 2 aromatic carbocycles. The number of nitrogens with zero attached hydrogens (tertiary/aromatic N) is 1. The van der Waals surface area contributed by atoms with Gasteiger partial charge in [-0.1, -0.05) is 36.4 Å². The van der Waals surface area contributed by atoms with Gasteiger partial charge in [0.05, 0.1) is 16.7 Å². The minimum atomic E-state index is 1.25. The molecule has 0 aliphatic carbocycles. The number of hydrogen-bond donors (Lipinski definition) is 1. The number of nitrogens with one attached hydrogen (secondary N) is 1. The highest BCUT2D eigenvalue weighted by molar-refractivity contribution is 6.17. The molecule has 0 amide bonds. The molecule has 1 N–H and O–H groups in total. The molecule has 0 saturated heterocycles. The molecule has 94 valence electrons. The van der Waals surface area contributed by atoms with Crippen LogP contribution in [-0.4, -0.2) is 4.40 Å². The van der Waals surface area contributed by atoms with Gasteiger partial charge in [-0.15, -0.1) is 0 Å². The van der Waals surface area contributed by atoms with Gasteiger partial charge in [0, 0.05) is 34.1 Å². The lowest BCUT2D eigenvalue weighted by molar-refractivity contribution is 1.22. The van der Waals surface area contributed by atoms with Crippen molar-refractivity contribution in [3.8, 4) is 0 Å². The van der Waals surface area contributed by atoms with E-state index in [2.05, 4.69) is 64.3 Å². The fraction of sp³-hybridized carbons (Fsp3) is 0. The molecule has 5 rings (SSSR count). The van der Waals surface area contributed by atoms with Crippen molar-refractivity contribution < 1.29 is 0 Å². The number of aromatic nitrogens is 1. The van der Waals surface area contributed by atoms with Crippen molar-refractivity contribution in [2.45, 2.75) is 0 Å². The Morgan fingerprint density at radius 1 is 0.750 bits per heavy atom. The highest BCUT2D eigenvalue weighted by Crippen LogP contribution is 2.38. The molecule has 0 atom stereocenters. The Morgan fingerprint density at radius 2 is 1.55 bits per heavy atom. The highest BCUT2D eigenvalue weighted by atomic mass is 14.9. The monoisotopic (exact) mass is 256 g/mol. The summed E-state index contributed by atoms with van der Waals surface area (Å²) in [6, 6.07) is 15.2. The molecule has 0 fully saturated rings. The van der Waals surface area contributed by atoms with Crippen LogP contribution in [0, 0.1) is 0 Å². The molecule has 1 aliphatic rings. The number of benzene rings is 2. The molecule has 3 heterocycles. The maximum absolute atomic E-state index is 3.16. The molecule has 0 radical (unpaired) electrons. The summed E-state index contributed by atoms with van der Waals surface area (Å²) in [4.78, 5) is 0. The molecule has 0 unspecified atom stereocenters. The second-order valence-electron chi connectivity index (χ2n) is 5.19. The lowest BCUT2D eigenvalue weighted by atomic mass is 10.1. The van der Waals surface area contributed by atoms with E-state index in [1.807, 2.05) is 12.4 Å². The Hall–Kier alpha value is -2.74. The molecule has 0 saturated carbocycles. The van der Waals surface area contributed by atoms with E-state index in [1.165, 1.54) is 38.4 Å². The first-order valence-electron chi connectivity index (χ1n) is 6.81. The van der Waals surface area contributed by atoms with Gasteiger partial charge in [-0.2, -0.15) is 0 Å². The van der Waals surface area contributed by atoms with Crippen LogP contribution in [0.1, 0.15) is 11.3 Å². The predicted octanol–water partition coefficient (Wildman–Crippen LogP) is 4.23. The minimum Gasteiger partial charge on any atom is -0.368 e. The van der Waals surface area contributed by atoms with Gasteiger partial charge in [-0.05, 0) is 18.2 Å². The number of hydrogen-bond acceptors (Lipinski definition) is 1. The number of rotatable bonds is 0. The van der Waals surface area contributed by atoms with Crippen molar-refractivity contribution in [1.29, 1.82) is 0 Å². The van der Waals surface area contributed by atoms with E-state index in [9.17, 15) is 0 Å². The van der Waals surface area contributed by atoms with Crippen molar-refractivity contribution >= 4 is 39.3 Å². The third-order valence-corrected chi connectivity index (χ3v) is 4.19. The van der Waals surface area contributed by atoms with Crippen LogP contribution in [0.15, 0.2) is 54.9 Å². The van der Waals surface area contributed by atoms with Gasteiger partial charge in [0.2, 0.25) is 0 Å². The van der Waals surface area contributed by atoms with Crippen molar-refractivity contribution in [3.05, 3.63) is 66.1 Å². The number of fused-ring (bicyclic) bond motifs is 6. The maximum atomic E-state index is 3.16. The van der Waals surface area contributed by atoms with Gasteiger partial charge in [0.1, 0.15) is 0 Å². The molecule has 2 aromatic heterocycles. The average Bonchev–Trinajstić information content (AvgIpc) is 2.87. The zero-order chi connectivity index (χ0) is 13.1. The maximum Gasteiger partial charge on any atom is 0.0620 e. The Kier molecular flexibility index (Phi) is 1.73. The van der Waals surface area contributed by atoms with Crippen LogP contribution in [0.3, 0.4) is 0 Å². The Bertz CT molecular complexity index is 1020. The summed E-state index contributed by atoms with van der Waals surface area (Å²) in [7, 11) is 0. The number of para-hydroxylation sites is 2. The minimum absolute atomic E-state index is 1.25. The SMILES string of the molecule is C1=Cc2c(n3c4ccccc4c4cccc2c43)C=CN1. The average molecular weight is 256 g/mol. The Balaban J connectivity index is 2.19. The summed E-state index contributed by atoms with van der Waals surface area (Å²) in [5, 5.41) is 7.14. The third kappa shape index (κ3) is 1.05. The first-order chi connectivity index (χ1) is 9.95. The fourth-order valence-electron chi connectivity index (χ4n) is 3.40. The van der Waals surface area contributed by atoms with E-state index in [0.29, 0.717) is 0 Å². The molecule has 2 nitrogen and oxygen atoms in total. The van der Waals surface area contributed by atoms with Crippen LogP contribution in [0.2, 0.25) is 0 Å². The summed E-state index contributed by atoms with van der Waals surface area (Å²) in [5.74, 6) is 0. The molecular weight excluding hydrogens is 244 g/mol. The normalized spacial score (nSPS) is 14.0. The largest absolute Gasteiger partial charge is 0.368 e. The van der Waals surface area contributed by atoms with Gasteiger partial charge in [0.15, 0.2) is 0 Å². The molecule has 0 spiro atoms. The topological polar surface area (TPSA) is 16.4 Å². The van der Waals surface area contributed by atoms with E-state index < -0.39 is 0 Å². The van der Waals surface area contributed by atoms with Gasteiger partial charge in [-0.25, -0.2) is 0 Å². The van der Waals surface area contributed by atoms with Gasteiger partial charge >= 0.3 is 0 Å². The molecule has 20 heavy (non-hydrogen) atoms. The summed E-state index contributed by atoms with van der Waals surface area (Å²) < 4.78 is 2.38. The first-order valence-corrected chi connectivity index (χ1v) is 6.81. The van der Waals surface area contributed by atoms with E-state index in [0.717, 1.165) is 0 Å². The summed E-state index contributed by atoms with van der Waals surface area (Å²) in [6.45, 7) is 0. The zero-order valence-corrected chi connectivity index (χ0v) is 10.8. The summed E-state index contributed by atoms with van der Waals surface area (Å²) in [6.07, 6.45) is 8.30. The molecular formula is C18H12N2. The highest BCUT2D eigenvalue weighted by Gasteiger charge is 2.18. The Labute approximate surface area is 116 Å². The van der Waals surface area contributed by atoms with Gasteiger partial charge in [0.25, 0.3) is 0 Å². The van der Waals surface area contributed by atoms with Crippen molar-refractivity contribution in [2.24, 2.45) is 0 Å². The van der Waals surface area contributed by atoms with Crippen molar-refractivity contribution in [1.82, 2.24) is 9.72 Å². The predicted molar refractivity (Wildman–Crippen MR) is 84.8 cm³/mol. The summed E-state index contributed by atoms with van der Waals surface area (Å²) in [5.41, 5.74) is 5.14. The quantitative estimate of drug-likeness (QED) is 0.498. The van der Waals surface area contributed by atoms with Crippen LogP contribution in [0.25, 0.3) is 39.3 Å². The van der Waals surface area contributed by atoms with Gasteiger partial charge in [-0.3, -0.25) is 0 Å². The molecule has 2 heteroatoms. The standard InChI is InChI=1S/C18H12N2/c1-2-7-16-12(4-1)14-5-3-6-15-13-8-10-19-11-9-17(13)20(16)18(14)15/h1-11,19H. The molecule has 0 bridgehead atoms. The van der Waals surface area contributed by atoms with Crippen LogP contribution in [0.5, 0.6) is 0 Å². The van der Waals surface area contributed by atoms with Crippen LogP contribution in [-0.2, 0) is 0 Å². The van der Waals surface area contributed by atoms with Crippen LogP contribution < -0.4 is 5.32 Å². The fourth-order valence-corrected chi connectivity index (χ4v) is 3.40. The van der Waals surface area contributed by atoms with Gasteiger partial charge < -0.3 is 9.72 Å². The summed E-state index contributed by atoms with van der Waals surface area (Å²) >= 11 is 0. The van der Waals surface area contributed by atoms with Crippen molar-refractivity contribution in [3.63, 3.8) is 0 Å².